The SMILES string of the molecule is C=CCN(C)C[C@H]1O[C@@H](c2ccc(-c3ccccc3CNC(=O)c3ccccc3)cc2)O[C@@H](c2ccc(CO)cc2)[C@H]1C. The Bertz CT molecular complexity index is 1490. The van der Waals surface area contributed by atoms with Crippen LogP contribution in [0.1, 0.15) is 51.9 Å². The number of nitrogens with one attached hydrogen (secondary N) is 1. The molecule has 4 aromatic carbocycles. The fourth-order valence-electron chi connectivity index (χ4n) is 5.57. The second-order valence-electron chi connectivity index (χ2n) is 11.2. The van der Waals surface area contributed by atoms with E-state index in [4.69, 9.17) is 9.47 Å². The third kappa shape index (κ3) is 7.48. The van der Waals surface area contributed by atoms with Crippen molar-refractivity contribution in [1.82, 2.24) is 10.2 Å². The first kappa shape index (κ1) is 30.4. The first-order valence-corrected chi connectivity index (χ1v) is 14.8. The first-order chi connectivity index (χ1) is 21.0. The minimum atomic E-state index is -0.532. The Labute approximate surface area is 254 Å². The number of carbonyl (C=O) groups excluding carboxylic acids is 1. The van der Waals surface area contributed by atoms with Crippen LogP contribution < -0.4 is 5.32 Å². The highest BCUT2D eigenvalue weighted by Gasteiger charge is 2.38. The van der Waals surface area contributed by atoms with E-state index in [9.17, 15) is 9.90 Å². The van der Waals surface area contributed by atoms with Crippen LogP contribution in [0.5, 0.6) is 0 Å². The molecule has 1 heterocycles. The van der Waals surface area contributed by atoms with Crippen molar-refractivity contribution in [1.29, 1.82) is 0 Å². The number of likely N-dealkylation sites (N-methyl/N-ethyl adjacent to an activating group) is 1. The molecule has 0 unspecified atom stereocenters. The van der Waals surface area contributed by atoms with E-state index in [1.807, 2.05) is 78.9 Å². The van der Waals surface area contributed by atoms with Crippen molar-refractivity contribution in [2.45, 2.75) is 38.6 Å². The van der Waals surface area contributed by atoms with E-state index in [-0.39, 0.29) is 30.6 Å². The number of amides is 1. The molecule has 1 aliphatic heterocycles. The van der Waals surface area contributed by atoms with Crippen LogP contribution >= 0.6 is 0 Å². The molecular weight excluding hydrogens is 536 g/mol. The summed E-state index contributed by atoms with van der Waals surface area (Å²) in [6.45, 7) is 8.01. The maximum atomic E-state index is 12.6. The van der Waals surface area contributed by atoms with Gasteiger partial charge >= 0.3 is 0 Å². The lowest BCUT2D eigenvalue weighted by Crippen LogP contribution is -2.43. The number of benzene rings is 4. The number of ether oxygens (including phenoxy) is 2. The lowest BCUT2D eigenvalue weighted by atomic mass is 9.90. The molecule has 4 atom stereocenters. The quantitative estimate of drug-likeness (QED) is 0.195. The van der Waals surface area contributed by atoms with Gasteiger partial charge < -0.3 is 24.8 Å². The van der Waals surface area contributed by atoms with Crippen LogP contribution in [0.3, 0.4) is 0 Å². The second kappa shape index (κ2) is 14.4. The fraction of sp³-hybridized carbons (Fsp3) is 0.270. The number of nitrogens with zero attached hydrogens (tertiary/aromatic N) is 1. The van der Waals surface area contributed by atoms with E-state index in [0.717, 1.165) is 46.5 Å². The minimum Gasteiger partial charge on any atom is -0.392 e. The molecule has 1 amide bonds. The molecule has 0 radical (unpaired) electrons. The maximum absolute atomic E-state index is 12.6. The van der Waals surface area contributed by atoms with Gasteiger partial charge in [0.2, 0.25) is 0 Å². The van der Waals surface area contributed by atoms with Gasteiger partial charge in [-0.1, -0.05) is 104 Å². The van der Waals surface area contributed by atoms with Crippen molar-refractivity contribution in [3.8, 4) is 11.1 Å². The Morgan fingerprint density at radius 2 is 1.58 bits per heavy atom. The average molecular weight is 577 g/mol. The average Bonchev–Trinajstić information content (AvgIpc) is 3.05. The van der Waals surface area contributed by atoms with Crippen LogP contribution in [0.25, 0.3) is 11.1 Å². The Hall–Kier alpha value is -4.07. The fourth-order valence-corrected chi connectivity index (χ4v) is 5.57. The highest BCUT2D eigenvalue weighted by Crippen LogP contribution is 2.42. The van der Waals surface area contributed by atoms with E-state index in [2.05, 4.69) is 61.1 Å². The zero-order chi connectivity index (χ0) is 30.2. The van der Waals surface area contributed by atoms with E-state index < -0.39 is 6.29 Å². The number of hydrogen-bond donors (Lipinski definition) is 2. The van der Waals surface area contributed by atoms with Gasteiger partial charge in [-0.3, -0.25) is 4.79 Å². The molecule has 222 valence electrons. The molecule has 0 spiro atoms. The summed E-state index contributed by atoms with van der Waals surface area (Å²) in [5.41, 5.74) is 6.68. The van der Waals surface area contributed by atoms with Gasteiger partial charge in [-0.15, -0.1) is 6.58 Å². The summed E-state index contributed by atoms with van der Waals surface area (Å²) in [6.07, 6.45) is 1.15. The molecule has 1 aliphatic rings. The Morgan fingerprint density at radius 1 is 0.907 bits per heavy atom. The number of aliphatic hydroxyl groups excluding tert-OH is 1. The third-order valence-electron chi connectivity index (χ3n) is 8.04. The van der Waals surface area contributed by atoms with Crippen LogP contribution in [-0.2, 0) is 22.6 Å². The minimum absolute atomic E-state index is 0.0109. The van der Waals surface area contributed by atoms with Gasteiger partial charge in [0.15, 0.2) is 6.29 Å². The van der Waals surface area contributed by atoms with Crippen molar-refractivity contribution < 1.29 is 19.4 Å². The predicted molar refractivity (Wildman–Crippen MR) is 170 cm³/mol. The lowest BCUT2D eigenvalue weighted by molar-refractivity contribution is -0.275. The molecule has 2 N–H and O–H groups in total. The van der Waals surface area contributed by atoms with E-state index >= 15 is 0 Å². The van der Waals surface area contributed by atoms with Crippen molar-refractivity contribution in [2.75, 3.05) is 20.1 Å². The smallest absolute Gasteiger partial charge is 0.251 e. The summed E-state index contributed by atoms with van der Waals surface area (Å²) < 4.78 is 13.2. The van der Waals surface area contributed by atoms with Gasteiger partial charge in [-0.25, -0.2) is 0 Å². The monoisotopic (exact) mass is 576 g/mol. The number of hydrogen-bond acceptors (Lipinski definition) is 5. The van der Waals surface area contributed by atoms with E-state index in [0.29, 0.717) is 12.1 Å². The maximum Gasteiger partial charge on any atom is 0.251 e. The topological polar surface area (TPSA) is 71.0 Å². The van der Waals surface area contributed by atoms with Gasteiger partial charge in [-0.2, -0.15) is 0 Å². The Balaban J connectivity index is 1.35. The zero-order valence-corrected chi connectivity index (χ0v) is 24.9. The third-order valence-corrected chi connectivity index (χ3v) is 8.04. The second-order valence-corrected chi connectivity index (χ2v) is 11.2. The van der Waals surface area contributed by atoms with Crippen molar-refractivity contribution in [3.05, 3.63) is 144 Å². The molecule has 6 heteroatoms. The predicted octanol–water partition coefficient (Wildman–Crippen LogP) is 6.69. The van der Waals surface area contributed by atoms with Crippen molar-refractivity contribution in [3.63, 3.8) is 0 Å². The van der Waals surface area contributed by atoms with Gasteiger partial charge in [0, 0.05) is 36.7 Å². The summed E-state index contributed by atoms with van der Waals surface area (Å²) in [5, 5.41) is 12.6. The molecule has 5 rings (SSSR count). The summed E-state index contributed by atoms with van der Waals surface area (Å²) in [5.74, 6) is 0.0150. The molecule has 0 saturated carbocycles. The summed E-state index contributed by atoms with van der Waals surface area (Å²) in [4.78, 5) is 14.8. The molecule has 1 fully saturated rings. The van der Waals surface area contributed by atoms with Crippen LogP contribution in [-0.4, -0.2) is 42.2 Å². The Morgan fingerprint density at radius 3 is 2.28 bits per heavy atom. The van der Waals surface area contributed by atoms with E-state index in [1.165, 1.54) is 0 Å². The lowest BCUT2D eigenvalue weighted by Gasteiger charge is -2.42. The van der Waals surface area contributed by atoms with Crippen LogP contribution in [0.15, 0.2) is 116 Å². The normalized spacial score (nSPS) is 20.1. The summed E-state index contributed by atoms with van der Waals surface area (Å²) in [6, 6.07) is 33.6. The van der Waals surface area contributed by atoms with Gasteiger partial charge in [0.1, 0.15) is 0 Å². The molecule has 0 bridgehead atoms. The molecule has 6 nitrogen and oxygen atoms in total. The van der Waals surface area contributed by atoms with Crippen LogP contribution in [0, 0.1) is 5.92 Å². The van der Waals surface area contributed by atoms with Crippen LogP contribution in [0.2, 0.25) is 0 Å². The van der Waals surface area contributed by atoms with Gasteiger partial charge in [-0.05, 0) is 47.0 Å². The molecule has 43 heavy (non-hydrogen) atoms. The molecule has 1 saturated heterocycles. The van der Waals surface area contributed by atoms with Gasteiger partial charge in [0.05, 0.1) is 18.8 Å². The number of aliphatic hydroxyl groups is 1. The number of carbonyl (C=O) groups is 1. The van der Waals surface area contributed by atoms with Crippen LogP contribution in [0.4, 0.5) is 0 Å². The Kier molecular flexibility index (Phi) is 10.2. The molecule has 0 aromatic heterocycles. The van der Waals surface area contributed by atoms with Crippen molar-refractivity contribution in [2.24, 2.45) is 5.92 Å². The molecule has 4 aromatic rings. The van der Waals surface area contributed by atoms with E-state index in [1.54, 1.807) is 0 Å². The number of rotatable bonds is 11. The van der Waals surface area contributed by atoms with Crippen molar-refractivity contribution >= 4 is 5.91 Å². The highest BCUT2D eigenvalue weighted by atomic mass is 16.7. The van der Waals surface area contributed by atoms with Gasteiger partial charge in [0.25, 0.3) is 5.91 Å². The molecule has 0 aliphatic carbocycles. The largest absolute Gasteiger partial charge is 0.392 e. The molecular formula is C37H40N2O4. The summed E-state index contributed by atoms with van der Waals surface area (Å²) >= 11 is 0. The highest BCUT2D eigenvalue weighted by molar-refractivity contribution is 5.94. The standard InChI is InChI=1S/C37H40N2O4/c1-4-22-39(3)24-34-26(2)35(29-16-14-27(25-40)15-17-29)43-37(42-34)31-20-18-28(19-21-31)33-13-9-8-12-32(33)23-38-36(41)30-10-6-5-7-11-30/h4-21,26,34-35,37,40H,1,22-25H2,2-3H3,(H,38,41)/t26-,34+,35+,37+/m0/s1. The zero-order valence-electron chi connectivity index (χ0n) is 24.9. The summed E-state index contributed by atoms with van der Waals surface area (Å²) in [7, 11) is 2.07. The first-order valence-electron chi connectivity index (χ1n) is 14.8.